The van der Waals surface area contributed by atoms with Crippen LogP contribution in [0, 0.1) is 5.92 Å². The largest absolute Gasteiger partial charge is 0.388 e. The summed E-state index contributed by atoms with van der Waals surface area (Å²) in [6.07, 6.45) is 3.61. The first-order valence-corrected chi connectivity index (χ1v) is 12.2. The van der Waals surface area contributed by atoms with Crippen LogP contribution in [0.5, 0.6) is 0 Å². The second-order valence-corrected chi connectivity index (χ2v) is 9.63. The molecule has 1 saturated heterocycles. The second kappa shape index (κ2) is 10.9. The number of imidazole rings is 1. The van der Waals surface area contributed by atoms with E-state index < -0.39 is 0 Å². The molecule has 0 spiro atoms. The zero-order valence-corrected chi connectivity index (χ0v) is 19.8. The number of piperidine rings is 1. The lowest BCUT2D eigenvalue weighted by atomic mass is 10.0. The maximum absolute atomic E-state index is 12.7. The Labute approximate surface area is 196 Å². The van der Waals surface area contributed by atoms with E-state index in [9.17, 15) is 9.90 Å². The lowest BCUT2D eigenvalue weighted by molar-refractivity contribution is -0.122. The Balaban J connectivity index is 1.28. The van der Waals surface area contributed by atoms with Crippen LogP contribution >= 0.6 is 0 Å². The van der Waals surface area contributed by atoms with Crippen LogP contribution in [0.15, 0.2) is 48.5 Å². The molecule has 1 aliphatic rings. The maximum atomic E-state index is 12.7. The van der Waals surface area contributed by atoms with E-state index in [0.717, 1.165) is 49.9 Å². The number of aliphatic hydroxyl groups is 1. The number of rotatable bonds is 9. The molecule has 176 valence electrons. The molecule has 1 fully saturated rings. The van der Waals surface area contributed by atoms with Crippen LogP contribution in [0.25, 0.3) is 11.0 Å². The van der Waals surface area contributed by atoms with Gasteiger partial charge in [-0.1, -0.05) is 50.2 Å². The minimum atomic E-state index is -0.133. The van der Waals surface area contributed by atoms with Gasteiger partial charge in [-0.05, 0) is 55.0 Å². The summed E-state index contributed by atoms with van der Waals surface area (Å²) in [7, 11) is 0. The zero-order valence-electron chi connectivity index (χ0n) is 19.8. The van der Waals surface area contributed by atoms with E-state index in [2.05, 4.69) is 53.3 Å². The van der Waals surface area contributed by atoms with Crippen LogP contribution in [-0.4, -0.2) is 44.6 Å². The van der Waals surface area contributed by atoms with Crippen LogP contribution < -0.4 is 5.32 Å². The first-order chi connectivity index (χ1) is 16.0. The van der Waals surface area contributed by atoms with Gasteiger partial charge in [0.25, 0.3) is 0 Å². The molecule has 33 heavy (non-hydrogen) atoms. The van der Waals surface area contributed by atoms with Crippen LogP contribution in [0.1, 0.15) is 50.1 Å². The molecule has 2 N–H and O–H groups in total. The number of nitrogens with zero attached hydrogens (tertiary/aromatic N) is 3. The molecule has 4 rings (SSSR count). The van der Waals surface area contributed by atoms with E-state index in [1.165, 1.54) is 11.1 Å². The fourth-order valence-corrected chi connectivity index (χ4v) is 4.84. The summed E-state index contributed by atoms with van der Waals surface area (Å²) in [6.45, 7) is 7.76. The maximum Gasteiger partial charge on any atom is 0.222 e. The third kappa shape index (κ3) is 6.21. The Morgan fingerprint density at radius 3 is 2.67 bits per heavy atom. The average molecular weight is 449 g/mol. The molecule has 6 heteroatoms. The number of hydrogen-bond acceptors (Lipinski definition) is 4. The van der Waals surface area contributed by atoms with E-state index in [4.69, 9.17) is 0 Å². The second-order valence-electron chi connectivity index (χ2n) is 9.63. The molecule has 1 amide bonds. The number of amides is 1. The number of carbonyl (C=O) groups is 1. The molecule has 6 nitrogen and oxygen atoms in total. The minimum Gasteiger partial charge on any atom is -0.388 e. The topological polar surface area (TPSA) is 70.4 Å². The van der Waals surface area contributed by atoms with E-state index in [0.29, 0.717) is 24.7 Å². The molecular weight excluding hydrogens is 412 g/mol. The van der Waals surface area contributed by atoms with Crippen molar-refractivity contribution in [2.24, 2.45) is 5.92 Å². The van der Waals surface area contributed by atoms with Gasteiger partial charge in [0, 0.05) is 32.1 Å². The molecule has 0 radical (unpaired) electrons. The Bertz CT molecular complexity index is 1060. The van der Waals surface area contributed by atoms with Crippen molar-refractivity contribution in [1.82, 2.24) is 19.8 Å². The van der Waals surface area contributed by atoms with E-state index in [-0.39, 0.29) is 18.6 Å². The van der Waals surface area contributed by atoms with Crippen molar-refractivity contribution in [1.29, 1.82) is 0 Å². The van der Waals surface area contributed by atoms with Gasteiger partial charge in [0.2, 0.25) is 5.91 Å². The molecular formula is C27H36N4O2. The number of hydrogen-bond donors (Lipinski definition) is 2. The lowest BCUT2D eigenvalue weighted by Crippen LogP contribution is -2.47. The number of likely N-dealkylation sites (tertiary alicyclic amines) is 1. The highest BCUT2D eigenvalue weighted by Crippen LogP contribution is 2.18. The van der Waals surface area contributed by atoms with Crippen LogP contribution in [0.2, 0.25) is 0 Å². The number of fused-ring (bicyclic) bond motifs is 1. The standard InChI is InChI=1S/C27H36N4O2/c1-20(2)16-21-9-11-22(12-10-21)17-30-14-5-6-23(18-30)28-27(33)13-15-31-25-8-4-3-7-24(25)29-26(31)19-32/h3-4,7-12,20,23,32H,5-6,13-19H2,1-2H3,(H,28,33)/t23-/m0/s1. The van der Waals surface area contributed by atoms with Crippen LogP contribution in [0.3, 0.4) is 0 Å². The average Bonchev–Trinajstić information content (AvgIpc) is 3.17. The highest BCUT2D eigenvalue weighted by molar-refractivity contribution is 5.78. The van der Waals surface area contributed by atoms with Gasteiger partial charge in [-0.25, -0.2) is 4.98 Å². The van der Waals surface area contributed by atoms with Crippen LogP contribution in [0.4, 0.5) is 0 Å². The summed E-state index contributed by atoms with van der Waals surface area (Å²) in [5.74, 6) is 1.33. The molecule has 3 aromatic rings. The van der Waals surface area contributed by atoms with E-state index >= 15 is 0 Å². The number of benzene rings is 2. The number of aryl methyl sites for hydroxylation is 1. The van der Waals surface area contributed by atoms with Gasteiger partial charge < -0.3 is 15.0 Å². The van der Waals surface area contributed by atoms with Gasteiger partial charge >= 0.3 is 0 Å². The number of para-hydroxylation sites is 2. The predicted molar refractivity (Wildman–Crippen MR) is 132 cm³/mol. The Morgan fingerprint density at radius 2 is 1.91 bits per heavy atom. The van der Waals surface area contributed by atoms with Gasteiger partial charge in [0.15, 0.2) is 0 Å². The third-order valence-corrected chi connectivity index (χ3v) is 6.38. The lowest BCUT2D eigenvalue weighted by Gasteiger charge is -2.33. The van der Waals surface area contributed by atoms with Gasteiger partial charge in [-0.2, -0.15) is 0 Å². The zero-order chi connectivity index (χ0) is 23.2. The molecule has 1 aromatic heterocycles. The fraction of sp³-hybridized carbons (Fsp3) is 0.481. The molecule has 0 saturated carbocycles. The summed E-state index contributed by atoms with van der Waals surface area (Å²) in [4.78, 5) is 19.6. The van der Waals surface area contributed by atoms with Crippen molar-refractivity contribution in [3.63, 3.8) is 0 Å². The van der Waals surface area contributed by atoms with Gasteiger partial charge in [-0.3, -0.25) is 9.69 Å². The van der Waals surface area contributed by atoms with Crippen molar-refractivity contribution in [3.8, 4) is 0 Å². The molecule has 2 heterocycles. The molecule has 1 atom stereocenters. The summed E-state index contributed by atoms with van der Waals surface area (Å²) in [5, 5.41) is 12.9. The van der Waals surface area contributed by atoms with E-state index in [1.807, 2.05) is 28.8 Å². The first kappa shape index (κ1) is 23.5. The quantitative estimate of drug-likeness (QED) is 0.521. The summed E-state index contributed by atoms with van der Waals surface area (Å²) in [6, 6.07) is 17.0. The summed E-state index contributed by atoms with van der Waals surface area (Å²) in [5.41, 5.74) is 4.53. The Morgan fingerprint density at radius 1 is 1.15 bits per heavy atom. The molecule has 0 aliphatic carbocycles. The number of carbonyl (C=O) groups excluding carboxylic acids is 1. The highest BCUT2D eigenvalue weighted by Gasteiger charge is 2.22. The van der Waals surface area contributed by atoms with Gasteiger partial charge in [0.05, 0.1) is 11.0 Å². The minimum absolute atomic E-state index is 0.0570. The Hall–Kier alpha value is -2.70. The van der Waals surface area contributed by atoms with Gasteiger partial charge in [0.1, 0.15) is 12.4 Å². The fourth-order valence-electron chi connectivity index (χ4n) is 4.84. The monoisotopic (exact) mass is 448 g/mol. The third-order valence-electron chi connectivity index (χ3n) is 6.38. The SMILES string of the molecule is CC(C)Cc1ccc(CN2CCC[C@H](NC(=O)CCn3c(CO)nc4ccccc43)C2)cc1. The molecule has 2 aromatic carbocycles. The van der Waals surface area contributed by atoms with Crippen molar-refractivity contribution in [2.45, 2.75) is 65.3 Å². The molecule has 0 unspecified atom stereocenters. The van der Waals surface area contributed by atoms with Crippen molar-refractivity contribution in [3.05, 3.63) is 65.5 Å². The summed E-state index contributed by atoms with van der Waals surface area (Å²) >= 11 is 0. The van der Waals surface area contributed by atoms with Crippen LogP contribution in [-0.2, 0) is 30.9 Å². The number of aliphatic hydroxyl groups excluding tert-OH is 1. The highest BCUT2D eigenvalue weighted by atomic mass is 16.3. The Kier molecular flexibility index (Phi) is 7.78. The number of aromatic nitrogens is 2. The smallest absolute Gasteiger partial charge is 0.222 e. The van der Waals surface area contributed by atoms with Crippen molar-refractivity contribution < 1.29 is 9.90 Å². The van der Waals surface area contributed by atoms with E-state index in [1.54, 1.807) is 0 Å². The first-order valence-electron chi connectivity index (χ1n) is 12.2. The van der Waals surface area contributed by atoms with Crippen molar-refractivity contribution >= 4 is 16.9 Å². The molecule has 0 bridgehead atoms. The van der Waals surface area contributed by atoms with Crippen molar-refractivity contribution in [2.75, 3.05) is 13.1 Å². The summed E-state index contributed by atoms with van der Waals surface area (Å²) < 4.78 is 1.95. The number of nitrogens with one attached hydrogen (secondary N) is 1. The van der Waals surface area contributed by atoms with Gasteiger partial charge in [-0.15, -0.1) is 0 Å². The normalized spacial score (nSPS) is 17.0. The molecule has 1 aliphatic heterocycles. The predicted octanol–water partition coefficient (Wildman–Crippen LogP) is 3.90.